The number of aliphatic hydroxyl groups is 2. The van der Waals surface area contributed by atoms with Crippen molar-refractivity contribution < 1.29 is 15.0 Å². The van der Waals surface area contributed by atoms with E-state index in [1.807, 2.05) is 0 Å². The first-order valence-electron chi connectivity index (χ1n) is 11.9. The van der Waals surface area contributed by atoms with Crippen molar-refractivity contribution in [2.45, 2.75) is 104 Å². The van der Waals surface area contributed by atoms with Gasteiger partial charge in [0.05, 0.1) is 0 Å². The van der Waals surface area contributed by atoms with E-state index in [0.717, 1.165) is 31.1 Å². The maximum absolute atomic E-state index is 12.3. The maximum atomic E-state index is 12.3. The molecule has 4 fully saturated rings. The highest BCUT2D eigenvalue weighted by Gasteiger charge is 2.61. The molecule has 0 bridgehead atoms. The van der Waals surface area contributed by atoms with Gasteiger partial charge < -0.3 is 10.2 Å². The van der Waals surface area contributed by atoms with Crippen LogP contribution >= 0.6 is 0 Å². The maximum Gasteiger partial charge on any atom is 0.133 e. The van der Waals surface area contributed by atoms with E-state index in [0.29, 0.717) is 24.0 Å². The van der Waals surface area contributed by atoms with Crippen LogP contribution < -0.4 is 0 Å². The number of carbonyl (C=O) groups is 1. The van der Waals surface area contributed by atoms with Crippen molar-refractivity contribution in [1.29, 1.82) is 0 Å². The van der Waals surface area contributed by atoms with Crippen LogP contribution in [0, 0.1) is 52.3 Å². The van der Waals surface area contributed by atoms with E-state index < -0.39 is 11.2 Å². The molecule has 4 rings (SSSR count). The summed E-state index contributed by atoms with van der Waals surface area (Å²) in [7, 11) is 0. The molecule has 4 aliphatic carbocycles. The minimum absolute atomic E-state index is 0.212. The van der Waals surface area contributed by atoms with Crippen LogP contribution in [0.3, 0.4) is 0 Å². The Morgan fingerprint density at radius 1 is 0.966 bits per heavy atom. The van der Waals surface area contributed by atoms with Crippen molar-refractivity contribution in [3.8, 4) is 11.8 Å². The number of fused-ring (bicyclic) bond motifs is 5. The van der Waals surface area contributed by atoms with E-state index in [2.05, 4.69) is 25.7 Å². The van der Waals surface area contributed by atoms with E-state index >= 15 is 0 Å². The predicted molar refractivity (Wildman–Crippen MR) is 115 cm³/mol. The topological polar surface area (TPSA) is 57.5 Å². The first-order valence-corrected chi connectivity index (χ1v) is 11.9. The summed E-state index contributed by atoms with van der Waals surface area (Å²) in [6.45, 7) is 10.1. The van der Waals surface area contributed by atoms with E-state index in [1.54, 1.807) is 20.8 Å². The Morgan fingerprint density at radius 2 is 1.66 bits per heavy atom. The summed E-state index contributed by atoms with van der Waals surface area (Å²) in [6.07, 6.45) is 9.63. The molecule has 2 N–H and O–H groups in total. The normalized spacial score (nSPS) is 49.3. The molecule has 0 aromatic carbocycles. The zero-order valence-electron chi connectivity index (χ0n) is 19.1. The largest absolute Gasteiger partial charge is 0.378 e. The van der Waals surface area contributed by atoms with Crippen molar-refractivity contribution in [3.05, 3.63) is 0 Å². The lowest BCUT2D eigenvalue weighted by Gasteiger charge is -2.61. The SMILES string of the molecule is CC(=O)[C@H]1CCC2C3CC[C@@H]4C[C@@](O)(C#CC(C)(C)O)CC[C@]4(C)C3CC[C@@]21C. The zero-order chi connectivity index (χ0) is 21.2. The molecule has 0 aliphatic heterocycles. The first kappa shape index (κ1) is 21.4. The molecule has 162 valence electrons. The molecule has 0 spiro atoms. The van der Waals surface area contributed by atoms with Gasteiger partial charge in [-0.3, -0.25) is 4.79 Å². The highest BCUT2D eigenvalue weighted by molar-refractivity contribution is 5.79. The Labute approximate surface area is 177 Å². The zero-order valence-corrected chi connectivity index (χ0v) is 19.1. The summed E-state index contributed by atoms with van der Waals surface area (Å²) in [5, 5.41) is 21.1. The Balaban J connectivity index is 1.55. The van der Waals surface area contributed by atoms with Crippen molar-refractivity contribution in [1.82, 2.24) is 0 Å². The van der Waals surface area contributed by atoms with E-state index in [9.17, 15) is 15.0 Å². The summed E-state index contributed by atoms with van der Waals surface area (Å²) in [6, 6.07) is 0. The number of ketones is 1. The average Bonchev–Trinajstić information content (AvgIpc) is 2.98. The Bertz CT molecular complexity index is 739. The first-order chi connectivity index (χ1) is 13.4. The number of Topliss-reactive ketones (excluding diaryl/α,β-unsaturated/α-hetero) is 1. The van der Waals surface area contributed by atoms with E-state index in [-0.39, 0.29) is 16.7 Å². The van der Waals surface area contributed by atoms with Crippen molar-refractivity contribution in [3.63, 3.8) is 0 Å². The lowest BCUT2D eigenvalue weighted by molar-refractivity contribution is -0.144. The van der Waals surface area contributed by atoms with Gasteiger partial charge in [-0.2, -0.15) is 0 Å². The Kier molecular flexibility index (Phi) is 5.03. The van der Waals surface area contributed by atoms with Gasteiger partial charge in [-0.15, -0.1) is 0 Å². The number of rotatable bonds is 1. The minimum Gasteiger partial charge on any atom is -0.378 e. The molecule has 4 saturated carbocycles. The summed E-state index contributed by atoms with van der Waals surface area (Å²) in [4.78, 5) is 12.3. The van der Waals surface area contributed by atoms with Gasteiger partial charge in [0.1, 0.15) is 17.0 Å². The van der Waals surface area contributed by atoms with Crippen LogP contribution in [0.1, 0.15) is 92.4 Å². The van der Waals surface area contributed by atoms with E-state index in [1.165, 1.54) is 32.1 Å². The van der Waals surface area contributed by atoms with Crippen molar-refractivity contribution in [2.75, 3.05) is 0 Å². The second-order valence-corrected chi connectivity index (χ2v) is 12.0. The molecule has 0 saturated heterocycles. The molecule has 8 atom stereocenters. The van der Waals surface area contributed by atoms with Crippen molar-refractivity contribution in [2.24, 2.45) is 40.4 Å². The van der Waals surface area contributed by atoms with Crippen LogP contribution in [0.2, 0.25) is 0 Å². The highest BCUT2D eigenvalue weighted by atomic mass is 16.3. The average molecular weight is 401 g/mol. The predicted octanol–water partition coefficient (Wildman–Crippen LogP) is 4.74. The lowest BCUT2D eigenvalue weighted by Crippen LogP contribution is -2.56. The van der Waals surface area contributed by atoms with Crippen LogP contribution in [-0.4, -0.2) is 27.2 Å². The molecule has 0 aromatic rings. The van der Waals surface area contributed by atoms with Crippen molar-refractivity contribution >= 4 is 5.78 Å². The molecule has 3 unspecified atom stereocenters. The molecule has 0 radical (unpaired) electrons. The number of carbonyl (C=O) groups excluding carboxylic acids is 1. The molecule has 3 heteroatoms. The van der Waals surface area contributed by atoms with Gasteiger partial charge in [-0.1, -0.05) is 25.7 Å². The third-order valence-electron chi connectivity index (χ3n) is 9.82. The third kappa shape index (κ3) is 3.49. The molecular formula is C26H40O3. The van der Waals surface area contributed by atoms with Crippen LogP contribution in [0.4, 0.5) is 0 Å². The quantitative estimate of drug-likeness (QED) is 0.625. The number of hydrogen-bond acceptors (Lipinski definition) is 3. The minimum atomic E-state index is -1.06. The Morgan fingerprint density at radius 3 is 2.31 bits per heavy atom. The van der Waals surface area contributed by atoms with Gasteiger partial charge in [0.25, 0.3) is 0 Å². The molecule has 29 heavy (non-hydrogen) atoms. The van der Waals surface area contributed by atoms with Crippen LogP contribution in [-0.2, 0) is 4.79 Å². The van der Waals surface area contributed by atoms with Gasteiger partial charge in [0, 0.05) is 5.92 Å². The smallest absolute Gasteiger partial charge is 0.133 e. The van der Waals surface area contributed by atoms with Gasteiger partial charge in [-0.05, 0) is 113 Å². The monoisotopic (exact) mass is 400 g/mol. The third-order valence-corrected chi connectivity index (χ3v) is 9.82. The van der Waals surface area contributed by atoms with Gasteiger partial charge in [-0.25, -0.2) is 0 Å². The molecule has 4 aliphatic rings. The van der Waals surface area contributed by atoms with Gasteiger partial charge >= 0.3 is 0 Å². The molecule has 0 aromatic heterocycles. The fourth-order valence-electron chi connectivity index (χ4n) is 8.30. The molecule has 0 heterocycles. The fourth-order valence-corrected chi connectivity index (χ4v) is 8.30. The van der Waals surface area contributed by atoms with Crippen LogP contribution in [0.25, 0.3) is 0 Å². The summed E-state index contributed by atoms with van der Waals surface area (Å²) >= 11 is 0. The Hall–Kier alpha value is -0.850. The standard InChI is InChI=1S/C26H40O3/c1-17(27)20-8-9-21-19-7-6-18-16-26(29,14-12-23(2,3)28)15-13-24(18,4)22(19)10-11-25(20,21)5/h18-22,28-29H,6-11,13,15-16H2,1-5H3/t18-,19?,20-,21?,22?,24+,25-,26-/m1/s1. The van der Waals surface area contributed by atoms with Crippen LogP contribution in [0.5, 0.6) is 0 Å². The second kappa shape index (κ2) is 6.83. The fraction of sp³-hybridized carbons (Fsp3) is 0.885. The molecule has 0 amide bonds. The number of hydrogen-bond donors (Lipinski definition) is 2. The van der Waals surface area contributed by atoms with Crippen LogP contribution in [0.15, 0.2) is 0 Å². The molecule has 3 nitrogen and oxygen atoms in total. The summed E-state index contributed by atoms with van der Waals surface area (Å²) < 4.78 is 0. The lowest BCUT2D eigenvalue weighted by atomic mass is 9.44. The van der Waals surface area contributed by atoms with Gasteiger partial charge in [0.2, 0.25) is 0 Å². The van der Waals surface area contributed by atoms with Gasteiger partial charge in [0.15, 0.2) is 0 Å². The summed E-state index contributed by atoms with van der Waals surface area (Å²) in [5.41, 5.74) is -1.52. The van der Waals surface area contributed by atoms with E-state index in [4.69, 9.17) is 0 Å². The highest BCUT2D eigenvalue weighted by Crippen LogP contribution is 2.68. The summed E-state index contributed by atoms with van der Waals surface area (Å²) in [5.74, 6) is 9.25. The molecular weight excluding hydrogens is 360 g/mol. The second-order valence-electron chi connectivity index (χ2n) is 12.0.